The molecular formula is C14H11ClFNO2. The molecule has 0 saturated carbocycles. The molecule has 0 N–H and O–H groups in total. The van der Waals surface area contributed by atoms with E-state index >= 15 is 0 Å². The Hall–Kier alpha value is -1.94. The van der Waals surface area contributed by atoms with Crippen LogP contribution in [-0.4, -0.2) is 11.0 Å². The molecule has 0 aliphatic rings. The van der Waals surface area contributed by atoms with E-state index in [4.69, 9.17) is 16.3 Å². The summed E-state index contributed by atoms with van der Waals surface area (Å²) < 4.78 is 18.4. The molecule has 0 saturated heterocycles. The predicted octanol–water partition coefficient (Wildman–Crippen LogP) is 3.54. The first kappa shape index (κ1) is 13.5. The van der Waals surface area contributed by atoms with Crippen molar-refractivity contribution in [1.29, 1.82) is 0 Å². The molecule has 0 bridgehead atoms. The van der Waals surface area contributed by atoms with Crippen LogP contribution in [0.4, 0.5) is 4.39 Å². The first-order chi connectivity index (χ1) is 9.06. The van der Waals surface area contributed by atoms with Crippen molar-refractivity contribution < 1.29 is 13.9 Å². The second kappa shape index (κ2) is 5.80. The molecule has 0 spiro atoms. The number of aromatic nitrogens is 1. The lowest BCUT2D eigenvalue weighted by Crippen LogP contribution is -2.06. The number of rotatable bonds is 3. The van der Waals surface area contributed by atoms with Crippen LogP contribution in [0.1, 0.15) is 21.5 Å². The molecule has 1 heterocycles. The van der Waals surface area contributed by atoms with Gasteiger partial charge < -0.3 is 4.74 Å². The van der Waals surface area contributed by atoms with Crippen LogP contribution in [0.15, 0.2) is 36.5 Å². The van der Waals surface area contributed by atoms with E-state index in [0.29, 0.717) is 10.7 Å². The summed E-state index contributed by atoms with van der Waals surface area (Å²) in [5.74, 6) is -1.01. The second-order valence-electron chi connectivity index (χ2n) is 4.03. The van der Waals surface area contributed by atoms with Crippen molar-refractivity contribution in [1.82, 2.24) is 4.98 Å². The number of ether oxygens (including phenoxy) is 1. The zero-order valence-corrected chi connectivity index (χ0v) is 10.9. The van der Waals surface area contributed by atoms with Crippen molar-refractivity contribution in [2.24, 2.45) is 0 Å². The van der Waals surface area contributed by atoms with E-state index in [1.807, 2.05) is 0 Å². The van der Waals surface area contributed by atoms with Gasteiger partial charge in [0, 0.05) is 6.20 Å². The summed E-state index contributed by atoms with van der Waals surface area (Å²) in [7, 11) is 0. The first-order valence-electron chi connectivity index (χ1n) is 5.60. The van der Waals surface area contributed by atoms with E-state index < -0.39 is 11.8 Å². The molecule has 0 fully saturated rings. The number of aryl methyl sites for hydroxylation is 1. The molecule has 1 aromatic heterocycles. The van der Waals surface area contributed by atoms with Gasteiger partial charge in [-0.25, -0.2) is 14.2 Å². The monoisotopic (exact) mass is 279 g/mol. The van der Waals surface area contributed by atoms with Gasteiger partial charge in [-0.2, -0.15) is 0 Å². The van der Waals surface area contributed by atoms with Crippen LogP contribution in [0.3, 0.4) is 0 Å². The largest absolute Gasteiger partial charge is 0.457 e. The Labute approximate surface area is 115 Å². The quantitative estimate of drug-likeness (QED) is 0.637. The predicted molar refractivity (Wildman–Crippen MR) is 69.5 cm³/mol. The Balaban J connectivity index is 2.03. The molecule has 1 aromatic carbocycles. The minimum absolute atomic E-state index is 0.0660. The van der Waals surface area contributed by atoms with Crippen molar-refractivity contribution in [2.75, 3.05) is 0 Å². The average Bonchev–Trinajstić information content (AvgIpc) is 2.39. The second-order valence-corrected chi connectivity index (χ2v) is 4.41. The number of esters is 1. The topological polar surface area (TPSA) is 39.2 Å². The number of halogens is 2. The molecule has 3 nitrogen and oxygen atoms in total. The van der Waals surface area contributed by atoms with Crippen LogP contribution >= 0.6 is 11.6 Å². The maximum absolute atomic E-state index is 13.3. The Bertz CT molecular complexity index is 616. The Morgan fingerprint density at radius 2 is 2.16 bits per heavy atom. The van der Waals surface area contributed by atoms with E-state index in [-0.39, 0.29) is 12.2 Å². The van der Waals surface area contributed by atoms with Gasteiger partial charge in [0.25, 0.3) is 0 Å². The smallest absolute Gasteiger partial charge is 0.338 e. The summed E-state index contributed by atoms with van der Waals surface area (Å²) in [5, 5.41) is 0.329. The van der Waals surface area contributed by atoms with Crippen LogP contribution in [0.5, 0.6) is 0 Å². The van der Waals surface area contributed by atoms with Gasteiger partial charge in [0.2, 0.25) is 0 Å². The van der Waals surface area contributed by atoms with Gasteiger partial charge in [-0.1, -0.05) is 17.7 Å². The molecule has 0 aliphatic carbocycles. The van der Waals surface area contributed by atoms with Gasteiger partial charge in [0.15, 0.2) is 0 Å². The lowest BCUT2D eigenvalue weighted by atomic mass is 10.1. The number of pyridine rings is 1. The van der Waals surface area contributed by atoms with Gasteiger partial charge in [-0.3, -0.25) is 0 Å². The van der Waals surface area contributed by atoms with Gasteiger partial charge in [0.05, 0.1) is 5.56 Å². The van der Waals surface area contributed by atoms with E-state index in [9.17, 15) is 9.18 Å². The summed E-state index contributed by atoms with van der Waals surface area (Å²) >= 11 is 5.71. The van der Waals surface area contributed by atoms with Crippen molar-refractivity contribution in [3.63, 3.8) is 0 Å². The summed E-state index contributed by atoms with van der Waals surface area (Å²) in [6, 6.07) is 7.52. The molecule has 19 heavy (non-hydrogen) atoms. The fraction of sp³-hybridized carbons (Fsp3) is 0.143. The number of nitrogens with zero attached hydrogens (tertiary/aromatic N) is 1. The third-order valence-corrected chi connectivity index (χ3v) is 2.78. The van der Waals surface area contributed by atoms with E-state index in [1.165, 1.54) is 18.3 Å². The zero-order valence-electron chi connectivity index (χ0n) is 10.2. The fourth-order valence-electron chi connectivity index (χ4n) is 1.48. The van der Waals surface area contributed by atoms with Crippen LogP contribution in [-0.2, 0) is 11.3 Å². The van der Waals surface area contributed by atoms with Crippen LogP contribution in [0, 0.1) is 12.7 Å². The van der Waals surface area contributed by atoms with Crippen LogP contribution < -0.4 is 0 Å². The number of carbonyl (C=O) groups is 1. The highest BCUT2D eigenvalue weighted by molar-refractivity contribution is 6.29. The Kier molecular flexibility index (Phi) is 4.12. The van der Waals surface area contributed by atoms with Crippen molar-refractivity contribution in [2.45, 2.75) is 13.5 Å². The number of hydrogen-bond acceptors (Lipinski definition) is 3. The van der Waals surface area contributed by atoms with Gasteiger partial charge in [-0.15, -0.1) is 0 Å². The van der Waals surface area contributed by atoms with E-state index in [1.54, 1.807) is 19.1 Å². The SMILES string of the molecule is Cc1ccc(C(=O)OCc2ccnc(Cl)c2)cc1F. The average molecular weight is 280 g/mol. The zero-order chi connectivity index (χ0) is 13.8. The standard InChI is InChI=1S/C14H11ClFNO2/c1-9-2-3-11(7-12(9)16)14(18)19-8-10-4-5-17-13(15)6-10/h2-7H,8H2,1H3. The summed E-state index contributed by atoms with van der Waals surface area (Å²) in [4.78, 5) is 15.6. The lowest BCUT2D eigenvalue weighted by Gasteiger charge is -2.06. The Morgan fingerprint density at radius 1 is 1.37 bits per heavy atom. The third kappa shape index (κ3) is 3.51. The maximum atomic E-state index is 13.3. The van der Waals surface area contributed by atoms with E-state index in [0.717, 1.165) is 11.6 Å². The van der Waals surface area contributed by atoms with Crippen molar-refractivity contribution >= 4 is 17.6 Å². The molecule has 98 valence electrons. The molecule has 0 amide bonds. The highest BCUT2D eigenvalue weighted by Gasteiger charge is 2.09. The van der Waals surface area contributed by atoms with Gasteiger partial charge in [-0.05, 0) is 42.3 Å². The summed E-state index contributed by atoms with van der Waals surface area (Å²) in [5.41, 5.74) is 1.39. The molecule has 0 unspecified atom stereocenters. The fourth-order valence-corrected chi connectivity index (χ4v) is 1.68. The minimum Gasteiger partial charge on any atom is -0.457 e. The lowest BCUT2D eigenvalue weighted by molar-refractivity contribution is 0.0472. The number of hydrogen-bond donors (Lipinski definition) is 0. The highest BCUT2D eigenvalue weighted by Crippen LogP contribution is 2.12. The van der Waals surface area contributed by atoms with Gasteiger partial charge in [0.1, 0.15) is 17.6 Å². The highest BCUT2D eigenvalue weighted by atomic mass is 35.5. The normalized spacial score (nSPS) is 10.3. The molecule has 2 aromatic rings. The van der Waals surface area contributed by atoms with Gasteiger partial charge >= 0.3 is 5.97 Å². The molecule has 5 heteroatoms. The molecule has 2 rings (SSSR count). The minimum atomic E-state index is -0.577. The van der Waals surface area contributed by atoms with Crippen molar-refractivity contribution in [3.05, 3.63) is 64.2 Å². The first-order valence-corrected chi connectivity index (χ1v) is 5.98. The molecule has 0 atom stereocenters. The Morgan fingerprint density at radius 3 is 2.84 bits per heavy atom. The maximum Gasteiger partial charge on any atom is 0.338 e. The molecule has 0 aliphatic heterocycles. The molecule has 0 radical (unpaired) electrons. The number of benzene rings is 1. The number of carbonyl (C=O) groups excluding carboxylic acids is 1. The summed E-state index contributed by atoms with van der Waals surface area (Å²) in [6.45, 7) is 1.69. The summed E-state index contributed by atoms with van der Waals surface area (Å²) in [6.07, 6.45) is 1.52. The van der Waals surface area contributed by atoms with Crippen LogP contribution in [0.25, 0.3) is 0 Å². The van der Waals surface area contributed by atoms with Crippen molar-refractivity contribution in [3.8, 4) is 0 Å². The van der Waals surface area contributed by atoms with Crippen LogP contribution in [0.2, 0.25) is 5.15 Å². The van der Waals surface area contributed by atoms with E-state index in [2.05, 4.69) is 4.98 Å². The molecular weight excluding hydrogens is 269 g/mol. The third-order valence-electron chi connectivity index (χ3n) is 2.57.